The number of nitrogen functional groups attached to an aromatic ring is 1. The Hall–Kier alpha value is -4.66. The molecule has 0 bridgehead atoms. The number of halogens is 1. The molecule has 5 rings (SSSR count). The van der Waals surface area contributed by atoms with Crippen LogP contribution in [0.2, 0.25) is 0 Å². The number of anilines is 2. The number of carbonyl (C=O) groups excluding carboxylic acids is 1. The Morgan fingerprint density at radius 1 is 1.16 bits per heavy atom. The van der Waals surface area contributed by atoms with Crippen molar-refractivity contribution < 1.29 is 23.1 Å². The van der Waals surface area contributed by atoms with E-state index in [9.17, 15) is 10.1 Å². The van der Waals surface area contributed by atoms with Crippen molar-refractivity contribution in [2.45, 2.75) is 83.3 Å². The van der Waals surface area contributed by atoms with Crippen LogP contribution in [0, 0.1) is 28.5 Å². The fraction of sp³-hybridized carbons (Fsp3) is 0.462. The number of ether oxygens (including phenoxy) is 2. The van der Waals surface area contributed by atoms with Gasteiger partial charge in [-0.05, 0) is 76.6 Å². The van der Waals surface area contributed by atoms with Crippen LogP contribution >= 0.6 is 0 Å². The van der Waals surface area contributed by atoms with Crippen LogP contribution < -0.4 is 15.8 Å². The van der Waals surface area contributed by atoms with Crippen molar-refractivity contribution >= 4 is 23.1 Å². The topological polar surface area (TPSA) is 147 Å². The molecule has 11 heteroatoms. The van der Waals surface area contributed by atoms with E-state index in [2.05, 4.69) is 42.2 Å². The van der Waals surface area contributed by atoms with E-state index in [0.717, 1.165) is 56.3 Å². The lowest BCUT2D eigenvalue weighted by atomic mass is 9.89. The zero-order valence-corrected chi connectivity index (χ0v) is 29.3. The summed E-state index contributed by atoms with van der Waals surface area (Å²) in [5.74, 6) is 0.131. The Morgan fingerprint density at radius 2 is 1.92 bits per heavy atom. The molecule has 4 N–H and O–H groups in total. The summed E-state index contributed by atoms with van der Waals surface area (Å²) in [7, 11) is 2.30. The number of nitriles is 1. The number of unbranched alkanes of at least 4 members (excludes halogenated alkanes) is 2. The summed E-state index contributed by atoms with van der Waals surface area (Å²) in [4.78, 5) is 22.1. The van der Waals surface area contributed by atoms with Gasteiger partial charge in [0.15, 0.2) is 5.78 Å². The van der Waals surface area contributed by atoms with Crippen LogP contribution in [0.15, 0.2) is 66.5 Å². The minimum atomic E-state index is -0.644. The molecule has 1 saturated heterocycles. The standard InChI is InChI=1S/C39H49FN7O3/c1-26(2)47(3,30-23-49-24-30)19-11-5-6-13-28(22-41)37(48)27-12-9-10-14-29(20-27)46-39-35(38(43)44-25-45-39)36(42)33-18-17-32(21-34(33)40)50-31-15-7-4-8-16-31/h4,7-8,13,15-18,21,25-27,29-30,42H,5-6,9-12,14,19-20,23-24H2,1-3H3,(H3,43,44,45,46)/q+1. The first-order chi connectivity index (χ1) is 24.1. The van der Waals surface area contributed by atoms with Crippen LogP contribution in [0.1, 0.15) is 76.3 Å². The normalized spacial score (nSPS) is 19.5. The molecule has 1 aromatic heterocycles. The number of hydrogen-bond donors (Lipinski definition) is 3. The fourth-order valence-corrected chi connectivity index (χ4v) is 6.89. The Morgan fingerprint density at radius 3 is 2.60 bits per heavy atom. The second kappa shape index (κ2) is 16.8. The average molecular weight is 683 g/mol. The van der Waals surface area contributed by atoms with Crippen molar-refractivity contribution in [1.29, 1.82) is 10.7 Å². The van der Waals surface area contributed by atoms with Gasteiger partial charge < -0.3 is 25.0 Å². The van der Waals surface area contributed by atoms with E-state index in [1.807, 2.05) is 24.3 Å². The molecule has 3 atom stereocenters. The molecule has 0 spiro atoms. The highest BCUT2D eigenvalue weighted by atomic mass is 19.1. The molecule has 2 fully saturated rings. The maximum Gasteiger partial charge on any atom is 0.176 e. The first-order valence-electron chi connectivity index (χ1n) is 17.7. The van der Waals surface area contributed by atoms with Gasteiger partial charge in [0, 0.05) is 23.6 Å². The largest absolute Gasteiger partial charge is 0.457 e. The van der Waals surface area contributed by atoms with Gasteiger partial charge in [-0.25, -0.2) is 14.4 Å². The van der Waals surface area contributed by atoms with Gasteiger partial charge in [0.1, 0.15) is 60.6 Å². The molecule has 0 radical (unpaired) electrons. The van der Waals surface area contributed by atoms with Gasteiger partial charge in [0.25, 0.3) is 0 Å². The van der Waals surface area contributed by atoms with Gasteiger partial charge in [-0.2, -0.15) is 5.26 Å². The highest BCUT2D eigenvalue weighted by Gasteiger charge is 2.40. The van der Waals surface area contributed by atoms with Gasteiger partial charge in [-0.1, -0.05) is 37.1 Å². The van der Waals surface area contributed by atoms with Crippen molar-refractivity contribution in [3.63, 3.8) is 0 Å². The number of benzene rings is 2. The van der Waals surface area contributed by atoms with E-state index in [1.165, 1.54) is 18.5 Å². The molecular weight excluding hydrogens is 633 g/mol. The molecule has 1 aliphatic heterocycles. The molecule has 0 amide bonds. The molecule has 3 aromatic rings. The summed E-state index contributed by atoms with van der Waals surface area (Å²) in [5, 5.41) is 22.3. The Bertz CT molecular complexity index is 1720. The third kappa shape index (κ3) is 8.73. The number of quaternary nitrogens is 1. The van der Waals surface area contributed by atoms with Gasteiger partial charge >= 0.3 is 0 Å². The maximum atomic E-state index is 15.4. The number of likely N-dealkylation sites (N-methyl/N-ethyl adjacent to an activating group) is 1. The summed E-state index contributed by atoms with van der Waals surface area (Å²) in [6.45, 7) is 7.17. The number of aromatic nitrogens is 2. The van der Waals surface area contributed by atoms with Crippen LogP contribution in [0.5, 0.6) is 11.5 Å². The number of Topliss-reactive ketones (excluding diaryl/α,β-unsaturated/α-hetero) is 1. The molecular formula is C39H49FN7O3+. The zero-order chi connectivity index (χ0) is 35.7. The number of hydrogen-bond acceptors (Lipinski definition) is 9. The van der Waals surface area contributed by atoms with Crippen LogP contribution in [0.3, 0.4) is 0 Å². The van der Waals surface area contributed by atoms with Crippen LogP contribution in [0.4, 0.5) is 16.0 Å². The lowest BCUT2D eigenvalue weighted by Crippen LogP contribution is -2.64. The first kappa shape index (κ1) is 36.6. The molecule has 1 saturated carbocycles. The van der Waals surface area contributed by atoms with Crippen molar-refractivity contribution in [2.24, 2.45) is 5.92 Å². The smallest absolute Gasteiger partial charge is 0.176 e. The minimum Gasteiger partial charge on any atom is -0.457 e. The number of ketones is 1. The Balaban J connectivity index is 1.23. The number of nitrogens with one attached hydrogen (secondary N) is 2. The summed E-state index contributed by atoms with van der Waals surface area (Å²) < 4.78 is 27.6. The number of para-hydroxylation sites is 1. The third-order valence-corrected chi connectivity index (χ3v) is 10.4. The van der Waals surface area contributed by atoms with E-state index in [0.29, 0.717) is 48.7 Å². The lowest BCUT2D eigenvalue weighted by Gasteiger charge is -2.48. The summed E-state index contributed by atoms with van der Waals surface area (Å²) in [6, 6.07) is 16.4. The second-order valence-electron chi connectivity index (χ2n) is 13.9. The highest BCUT2D eigenvalue weighted by molar-refractivity contribution is 6.16. The number of allylic oxidation sites excluding steroid dienone is 2. The van der Waals surface area contributed by atoms with Crippen LogP contribution in [-0.2, 0) is 9.53 Å². The molecule has 2 aliphatic rings. The number of rotatable bonds is 15. The summed E-state index contributed by atoms with van der Waals surface area (Å²) in [6.07, 6.45) is 9.44. The lowest BCUT2D eigenvalue weighted by molar-refractivity contribution is -0.961. The number of nitrogens with two attached hydrogens (primary N) is 1. The van der Waals surface area contributed by atoms with Gasteiger partial charge in [-0.15, -0.1) is 0 Å². The second-order valence-corrected chi connectivity index (χ2v) is 13.9. The van der Waals surface area contributed by atoms with Gasteiger partial charge in [0.05, 0.1) is 36.5 Å². The highest BCUT2D eigenvalue weighted by Crippen LogP contribution is 2.32. The van der Waals surface area contributed by atoms with Crippen molar-refractivity contribution in [2.75, 3.05) is 37.9 Å². The molecule has 264 valence electrons. The van der Waals surface area contributed by atoms with Crippen molar-refractivity contribution in [1.82, 2.24) is 9.97 Å². The fourth-order valence-electron chi connectivity index (χ4n) is 6.89. The zero-order valence-electron chi connectivity index (χ0n) is 29.3. The quantitative estimate of drug-likeness (QED) is 0.0381. The van der Waals surface area contributed by atoms with Crippen LogP contribution in [0.25, 0.3) is 0 Å². The average Bonchev–Trinajstić information content (AvgIpc) is 3.31. The van der Waals surface area contributed by atoms with E-state index < -0.39 is 5.82 Å². The predicted octanol–water partition coefficient (Wildman–Crippen LogP) is 7.21. The maximum absolute atomic E-state index is 15.4. The van der Waals surface area contributed by atoms with Gasteiger partial charge in [-0.3, -0.25) is 10.2 Å². The predicted molar refractivity (Wildman–Crippen MR) is 193 cm³/mol. The Kier molecular flexibility index (Phi) is 12.3. The monoisotopic (exact) mass is 682 g/mol. The molecule has 2 heterocycles. The Labute approximate surface area is 294 Å². The third-order valence-electron chi connectivity index (χ3n) is 10.4. The molecule has 1 aliphatic carbocycles. The van der Waals surface area contributed by atoms with Crippen molar-refractivity contribution in [3.8, 4) is 17.6 Å². The van der Waals surface area contributed by atoms with E-state index in [4.69, 9.17) is 20.6 Å². The van der Waals surface area contributed by atoms with Crippen molar-refractivity contribution in [3.05, 3.63) is 83.5 Å². The molecule has 2 aromatic carbocycles. The molecule has 3 unspecified atom stereocenters. The molecule has 50 heavy (non-hydrogen) atoms. The van der Waals surface area contributed by atoms with E-state index >= 15 is 4.39 Å². The summed E-state index contributed by atoms with van der Waals surface area (Å²) in [5.41, 5.74) is 6.53. The number of nitrogens with zero attached hydrogens (tertiary/aromatic N) is 4. The molecule has 10 nitrogen and oxygen atoms in total. The van der Waals surface area contributed by atoms with Gasteiger partial charge in [0.2, 0.25) is 0 Å². The van der Waals surface area contributed by atoms with E-state index in [-0.39, 0.29) is 46.0 Å². The summed E-state index contributed by atoms with van der Waals surface area (Å²) >= 11 is 0. The number of carbonyl (C=O) groups is 1. The minimum absolute atomic E-state index is 0.0255. The van der Waals surface area contributed by atoms with E-state index in [1.54, 1.807) is 18.2 Å². The SMILES string of the molecule is CC(C)[N+](C)(CCCCC=C(C#N)C(=O)C1CCCCC(Nc2ncnc(N)c2C(=N)c2ccc(Oc3ccccc3)cc2F)C1)C1COC1. The van der Waals surface area contributed by atoms with Crippen LogP contribution in [-0.4, -0.2) is 70.9 Å². The first-order valence-corrected chi connectivity index (χ1v) is 17.7.